The molecule has 2 aromatic carbocycles. The zero-order valence-corrected chi connectivity index (χ0v) is 15.2. The minimum atomic E-state index is -1.13. The Labute approximate surface area is 151 Å². The molecule has 0 amide bonds. The third kappa shape index (κ3) is 3.61. The van der Waals surface area contributed by atoms with Gasteiger partial charge in [-0.1, -0.05) is 41.9 Å². The Hall–Kier alpha value is -1.49. The topological polar surface area (TPSA) is 35.5 Å². The molecule has 0 bridgehead atoms. The standard InChI is InChI=1S/C19H19ClO3S/c1-13(21)23-19(2)18-15(10-11-22-19)17(9-8-16(18)20)24-12-14-6-4-3-5-7-14/h3-9H,10-12H2,1-2H3. The zero-order chi connectivity index (χ0) is 17.2. The second-order valence-corrected chi connectivity index (χ2v) is 7.24. The zero-order valence-electron chi connectivity index (χ0n) is 13.7. The highest BCUT2D eigenvalue weighted by Gasteiger charge is 2.39. The average molecular weight is 363 g/mol. The summed E-state index contributed by atoms with van der Waals surface area (Å²) < 4.78 is 11.2. The number of esters is 1. The van der Waals surface area contributed by atoms with E-state index in [9.17, 15) is 4.79 Å². The molecule has 0 saturated heterocycles. The Morgan fingerprint density at radius 2 is 2.04 bits per heavy atom. The summed E-state index contributed by atoms with van der Waals surface area (Å²) in [5.41, 5.74) is 3.14. The fourth-order valence-electron chi connectivity index (χ4n) is 2.98. The summed E-state index contributed by atoms with van der Waals surface area (Å²) in [6.45, 7) is 3.63. The van der Waals surface area contributed by atoms with Crippen LogP contribution in [0.1, 0.15) is 30.5 Å². The van der Waals surface area contributed by atoms with E-state index in [1.165, 1.54) is 12.5 Å². The normalized spacial score (nSPS) is 19.6. The van der Waals surface area contributed by atoms with E-state index in [0.717, 1.165) is 28.2 Å². The third-order valence-corrected chi connectivity index (χ3v) is 5.46. The number of carbonyl (C=O) groups excluding carboxylic acids is 1. The van der Waals surface area contributed by atoms with E-state index in [1.54, 1.807) is 18.7 Å². The molecule has 1 heterocycles. The van der Waals surface area contributed by atoms with Gasteiger partial charge in [-0.05, 0) is 29.7 Å². The van der Waals surface area contributed by atoms with Gasteiger partial charge >= 0.3 is 5.97 Å². The van der Waals surface area contributed by atoms with E-state index < -0.39 is 5.79 Å². The molecule has 1 unspecified atom stereocenters. The molecular formula is C19H19ClO3S. The van der Waals surface area contributed by atoms with Crippen LogP contribution in [-0.2, 0) is 32.2 Å². The van der Waals surface area contributed by atoms with Crippen molar-refractivity contribution in [3.63, 3.8) is 0 Å². The summed E-state index contributed by atoms with van der Waals surface area (Å²) in [5, 5.41) is 0.567. The summed E-state index contributed by atoms with van der Waals surface area (Å²) in [5.74, 6) is -0.636. The Balaban J connectivity index is 1.93. The van der Waals surface area contributed by atoms with Crippen LogP contribution in [0.15, 0.2) is 47.4 Å². The van der Waals surface area contributed by atoms with Gasteiger partial charge in [0.05, 0.1) is 11.6 Å². The molecule has 0 aromatic heterocycles. The van der Waals surface area contributed by atoms with Crippen LogP contribution >= 0.6 is 23.4 Å². The van der Waals surface area contributed by atoms with Crippen LogP contribution in [0.2, 0.25) is 5.02 Å². The summed E-state index contributed by atoms with van der Waals surface area (Å²) in [7, 11) is 0. The lowest BCUT2D eigenvalue weighted by molar-refractivity contribution is -0.233. The Morgan fingerprint density at radius 3 is 2.75 bits per heavy atom. The van der Waals surface area contributed by atoms with Gasteiger partial charge in [0.25, 0.3) is 0 Å². The Kier molecular flexibility index (Phi) is 5.18. The van der Waals surface area contributed by atoms with E-state index in [-0.39, 0.29) is 5.97 Å². The molecule has 3 nitrogen and oxygen atoms in total. The first-order chi connectivity index (χ1) is 11.5. The lowest BCUT2D eigenvalue weighted by Crippen LogP contribution is -2.37. The van der Waals surface area contributed by atoms with Crippen molar-refractivity contribution in [3.05, 3.63) is 64.2 Å². The van der Waals surface area contributed by atoms with Gasteiger partial charge in [-0.15, -0.1) is 11.8 Å². The number of fused-ring (bicyclic) bond motifs is 1. The highest BCUT2D eigenvalue weighted by Crippen LogP contribution is 2.43. The second-order valence-electron chi connectivity index (χ2n) is 5.81. The SMILES string of the molecule is CC(=O)OC1(C)OCCc2c(SCc3ccccc3)ccc(Cl)c21. The molecule has 0 aliphatic carbocycles. The molecule has 3 rings (SSSR count). The molecule has 5 heteroatoms. The molecule has 2 aromatic rings. The van der Waals surface area contributed by atoms with Crippen LogP contribution in [0, 0.1) is 0 Å². The molecule has 0 saturated carbocycles. The van der Waals surface area contributed by atoms with Crippen molar-refractivity contribution in [2.45, 2.75) is 36.7 Å². The van der Waals surface area contributed by atoms with Crippen LogP contribution < -0.4 is 0 Å². The maximum absolute atomic E-state index is 11.5. The molecule has 126 valence electrons. The van der Waals surface area contributed by atoms with Crippen LogP contribution in [-0.4, -0.2) is 12.6 Å². The molecular weight excluding hydrogens is 344 g/mol. The molecule has 0 N–H and O–H groups in total. The number of carbonyl (C=O) groups is 1. The van der Waals surface area contributed by atoms with E-state index in [4.69, 9.17) is 21.1 Å². The Bertz CT molecular complexity index is 748. The van der Waals surface area contributed by atoms with Gasteiger partial charge in [0.1, 0.15) is 0 Å². The molecule has 1 aliphatic rings. The van der Waals surface area contributed by atoms with Crippen molar-refractivity contribution in [2.24, 2.45) is 0 Å². The van der Waals surface area contributed by atoms with Gasteiger partial charge in [0.2, 0.25) is 5.79 Å². The quantitative estimate of drug-likeness (QED) is 0.570. The Morgan fingerprint density at radius 1 is 1.29 bits per heavy atom. The van der Waals surface area contributed by atoms with E-state index in [1.807, 2.05) is 30.3 Å². The monoisotopic (exact) mass is 362 g/mol. The van der Waals surface area contributed by atoms with Crippen molar-refractivity contribution in [1.29, 1.82) is 0 Å². The second kappa shape index (κ2) is 7.18. The molecule has 0 radical (unpaired) electrons. The average Bonchev–Trinajstić information content (AvgIpc) is 2.54. The maximum Gasteiger partial charge on any atom is 0.305 e. The van der Waals surface area contributed by atoms with Crippen molar-refractivity contribution in [1.82, 2.24) is 0 Å². The number of halogens is 1. The molecule has 1 aliphatic heterocycles. The predicted molar refractivity (Wildman–Crippen MR) is 96.2 cm³/mol. The summed E-state index contributed by atoms with van der Waals surface area (Å²) in [6.07, 6.45) is 0.754. The number of hydrogen-bond donors (Lipinski definition) is 0. The molecule has 24 heavy (non-hydrogen) atoms. The molecule has 1 atom stereocenters. The number of hydrogen-bond acceptors (Lipinski definition) is 4. The summed E-state index contributed by atoms with van der Waals surface area (Å²) >= 11 is 8.18. The minimum Gasteiger partial charge on any atom is -0.429 e. The highest BCUT2D eigenvalue weighted by molar-refractivity contribution is 7.98. The van der Waals surface area contributed by atoms with E-state index >= 15 is 0 Å². The lowest BCUT2D eigenvalue weighted by atomic mass is 9.95. The maximum atomic E-state index is 11.5. The van der Waals surface area contributed by atoms with Gasteiger partial charge in [-0.3, -0.25) is 4.79 Å². The van der Waals surface area contributed by atoms with Gasteiger partial charge in [0, 0.05) is 30.1 Å². The molecule has 0 fully saturated rings. The fourth-order valence-corrected chi connectivity index (χ4v) is 4.39. The third-order valence-electron chi connectivity index (χ3n) is 3.98. The number of rotatable bonds is 4. The van der Waals surface area contributed by atoms with Crippen molar-refractivity contribution < 1.29 is 14.3 Å². The molecule has 0 spiro atoms. The van der Waals surface area contributed by atoms with Crippen molar-refractivity contribution in [2.75, 3.05) is 6.61 Å². The van der Waals surface area contributed by atoms with E-state index in [2.05, 4.69) is 12.1 Å². The number of ether oxygens (including phenoxy) is 2. The first-order valence-electron chi connectivity index (χ1n) is 7.82. The van der Waals surface area contributed by atoms with E-state index in [0.29, 0.717) is 11.6 Å². The number of benzene rings is 2. The van der Waals surface area contributed by atoms with Crippen LogP contribution in [0.3, 0.4) is 0 Å². The number of thioether (sulfide) groups is 1. The predicted octanol–water partition coefficient (Wildman–Crippen LogP) is 4.94. The first kappa shape index (κ1) is 17.3. The first-order valence-corrected chi connectivity index (χ1v) is 9.18. The van der Waals surface area contributed by atoms with Gasteiger partial charge in [-0.25, -0.2) is 0 Å². The van der Waals surface area contributed by atoms with Crippen molar-refractivity contribution in [3.8, 4) is 0 Å². The van der Waals surface area contributed by atoms with Gasteiger partial charge < -0.3 is 9.47 Å². The van der Waals surface area contributed by atoms with Crippen LogP contribution in [0.25, 0.3) is 0 Å². The van der Waals surface area contributed by atoms with Gasteiger partial charge in [0.15, 0.2) is 0 Å². The summed E-state index contributed by atoms with van der Waals surface area (Å²) in [6, 6.07) is 14.2. The van der Waals surface area contributed by atoms with Crippen molar-refractivity contribution >= 4 is 29.3 Å². The van der Waals surface area contributed by atoms with Crippen LogP contribution in [0.4, 0.5) is 0 Å². The largest absolute Gasteiger partial charge is 0.429 e. The summed E-state index contributed by atoms with van der Waals surface area (Å²) in [4.78, 5) is 12.6. The smallest absolute Gasteiger partial charge is 0.305 e. The highest BCUT2D eigenvalue weighted by atomic mass is 35.5. The lowest BCUT2D eigenvalue weighted by Gasteiger charge is -2.36. The van der Waals surface area contributed by atoms with Gasteiger partial charge in [-0.2, -0.15) is 0 Å². The minimum absolute atomic E-state index is 0.385. The fraction of sp³-hybridized carbons (Fsp3) is 0.316. The van der Waals surface area contributed by atoms with Crippen LogP contribution in [0.5, 0.6) is 0 Å².